The molecule has 0 aliphatic rings. The Morgan fingerprint density at radius 1 is 1.32 bits per heavy atom. The lowest BCUT2D eigenvalue weighted by Gasteiger charge is -2.16. The molecular weight excluding hydrogens is 252 g/mol. The molecular formula is C12H16N2O5. The number of nitrogens with zero attached hydrogens (tertiary/aromatic N) is 1. The van der Waals surface area contributed by atoms with E-state index in [1.807, 2.05) is 0 Å². The summed E-state index contributed by atoms with van der Waals surface area (Å²) in [5.41, 5.74) is 0.553. The molecule has 0 saturated carbocycles. The number of hydrogen-bond donors (Lipinski definition) is 3. The van der Waals surface area contributed by atoms with Crippen molar-refractivity contribution in [1.29, 1.82) is 0 Å². The number of anilines is 1. The van der Waals surface area contributed by atoms with E-state index in [9.17, 15) is 9.59 Å². The number of aliphatic hydroxyl groups is 1. The fraction of sp³-hybridized carbons (Fsp3) is 0.333. The Bertz CT molecular complexity index is 432. The van der Waals surface area contributed by atoms with Gasteiger partial charge in [0.25, 0.3) is 0 Å². The number of hydrogen-bond acceptors (Lipinski definition) is 4. The van der Waals surface area contributed by atoms with Crippen LogP contribution in [0, 0.1) is 0 Å². The van der Waals surface area contributed by atoms with Crippen molar-refractivity contribution in [1.82, 2.24) is 4.90 Å². The van der Waals surface area contributed by atoms with Crippen LogP contribution in [-0.2, 0) is 4.79 Å². The fourth-order valence-corrected chi connectivity index (χ4v) is 1.25. The molecule has 7 heteroatoms. The number of rotatable bonds is 6. The van der Waals surface area contributed by atoms with Crippen LogP contribution >= 0.6 is 0 Å². The monoisotopic (exact) mass is 268 g/mol. The molecule has 0 aliphatic carbocycles. The SMILES string of the molecule is CN(CCO)C(=O)Nc1ccc(OCC(=O)O)cc1. The van der Waals surface area contributed by atoms with Crippen LogP contribution in [0.4, 0.5) is 10.5 Å². The number of carboxylic acids is 1. The van der Waals surface area contributed by atoms with Crippen LogP contribution in [0.1, 0.15) is 0 Å². The second-order valence-corrected chi connectivity index (χ2v) is 3.78. The molecule has 2 amide bonds. The highest BCUT2D eigenvalue weighted by Gasteiger charge is 2.07. The Labute approximate surface area is 110 Å². The summed E-state index contributed by atoms with van der Waals surface area (Å²) in [6.45, 7) is -0.275. The van der Waals surface area contributed by atoms with Gasteiger partial charge < -0.3 is 25.2 Å². The van der Waals surface area contributed by atoms with Gasteiger partial charge >= 0.3 is 12.0 Å². The number of carboxylic acid groups (broad SMARTS) is 1. The van der Waals surface area contributed by atoms with Gasteiger partial charge in [-0.25, -0.2) is 9.59 Å². The summed E-state index contributed by atoms with van der Waals surface area (Å²) in [6.07, 6.45) is 0. The van der Waals surface area contributed by atoms with E-state index in [1.54, 1.807) is 31.3 Å². The predicted molar refractivity (Wildman–Crippen MR) is 68.3 cm³/mol. The van der Waals surface area contributed by atoms with E-state index < -0.39 is 12.6 Å². The summed E-state index contributed by atoms with van der Waals surface area (Å²) in [7, 11) is 1.57. The number of ether oxygens (including phenoxy) is 1. The van der Waals surface area contributed by atoms with Gasteiger partial charge in [0, 0.05) is 19.3 Å². The molecule has 19 heavy (non-hydrogen) atoms. The van der Waals surface area contributed by atoms with Crippen molar-refractivity contribution in [3.8, 4) is 5.75 Å². The standard InChI is InChI=1S/C12H16N2O5/c1-14(6-7-15)12(18)13-9-2-4-10(5-3-9)19-8-11(16)17/h2-5,15H,6-8H2,1H3,(H,13,18)(H,16,17). The topological polar surface area (TPSA) is 99.1 Å². The lowest BCUT2D eigenvalue weighted by molar-refractivity contribution is -0.139. The average Bonchev–Trinajstić information content (AvgIpc) is 2.38. The van der Waals surface area contributed by atoms with Crippen LogP contribution in [-0.4, -0.2) is 53.9 Å². The highest BCUT2D eigenvalue weighted by molar-refractivity contribution is 5.89. The van der Waals surface area contributed by atoms with Crippen LogP contribution in [0.25, 0.3) is 0 Å². The first kappa shape index (κ1) is 14.8. The zero-order chi connectivity index (χ0) is 14.3. The van der Waals surface area contributed by atoms with Crippen molar-refractivity contribution in [3.63, 3.8) is 0 Å². The third-order valence-electron chi connectivity index (χ3n) is 2.25. The smallest absolute Gasteiger partial charge is 0.341 e. The first-order valence-corrected chi connectivity index (χ1v) is 5.60. The van der Waals surface area contributed by atoms with Crippen molar-refractivity contribution < 1.29 is 24.5 Å². The van der Waals surface area contributed by atoms with E-state index in [4.69, 9.17) is 14.9 Å². The highest BCUT2D eigenvalue weighted by atomic mass is 16.5. The molecule has 0 atom stereocenters. The summed E-state index contributed by atoms with van der Waals surface area (Å²) in [6, 6.07) is 5.98. The summed E-state index contributed by atoms with van der Waals surface area (Å²) in [4.78, 5) is 23.3. The lowest BCUT2D eigenvalue weighted by Crippen LogP contribution is -2.33. The predicted octanol–water partition coefficient (Wildman–Crippen LogP) is 0.606. The molecule has 0 spiro atoms. The summed E-state index contributed by atoms with van der Waals surface area (Å²) >= 11 is 0. The van der Waals surface area contributed by atoms with E-state index in [1.165, 1.54) is 4.90 Å². The minimum Gasteiger partial charge on any atom is -0.482 e. The van der Waals surface area contributed by atoms with Crippen LogP contribution in [0.15, 0.2) is 24.3 Å². The Morgan fingerprint density at radius 2 is 1.95 bits per heavy atom. The second kappa shape index (κ2) is 7.22. The minimum atomic E-state index is -1.05. The molecule has 0 heterocycles. The normalized spacial score (nSPS) is 9.79. The molecule has 0 bridgehead atoms. The van der Waals surface area contributed by atoms with Gasteiger partial charge in [-0.15, -0.1) is 0 Å². The zero-order valence-electron chi connectivity index (χ0n) is 10.5. The van der Waals surface area contributed by atoms with Gasteiger partial charge in [-0.1, -0.05) is 0 Å². The summed E-state index contributed by atoms with van der Waals surface area (Å²) < 4.78 is 4.96. The number of carbonyl (C=O) groups is 2. The molecule has 104 valence electrons. The second-order valence-electron chi connectivity index (χ2n) is 3.78. The molecule has 0 fully saturated rings. The Kier molecular flexibility index (Phi) is 5.62. The maximum atomic E-state index is 11.6. The third kappa shape index (κ3) is 5.26. The molecule has 0 radical (unpaired) electrons. The Morgan fingerprint density at radius 3 is 2.47 bits per heavy atom. The van der Waals surface area contributed by atoms with E-state index in [0.717, 1.165) is 0 Å². The van der Waals surface area contributed by atoms with Crippen molar-refractivity contribution in [2.24, 2.45) is 0 Å². The van der Waals surface area contributed by atoms with E-state index in [-0.39, 0.29) is 19.2 Å². The van der Waals surface area contributed by atoms with Crippen LogP contribution in [0.5, 0.6) is 5.75 Å². The summed E-state index contributed by atoms with van der Waals surface area (Å²) in [5.74, 6) is -0.646. The number of aliphatic carboxylic acids is 1. The van der Waals surface area contributed by atoms with Gasteiger partial charge in [-0.2, -0.15) is 0 Å². The Hall–Kier alpha value is -2.28. The van der Waals surface area contributed by atoms with Crippen LogP contribution < -0.4 is 10.1 Å². The van der Waals surface area contributed by atoms with E-state index in [0.29, 0.717) is 11.4 Å². The lowest BCUT2D eigenvalue weighted by atomic mass is 10.3. The first-order chi connectivity index (χ1) is 9.02. The molecule has 1 aromatic carbocycles. The van der Waals surface area contributed by atoms with Gasteiger partial charge in [-0.05, 0) is 24.3 Å². The first-order valence-electron chi connectivity index (χ1n) is 5.60. The molecule has 3 N–H and O–H groups in total. The van der Waals surface area contributed by atoms with Crippen molar-refractivity contribution in [2.75, 3.05) is 32.1 Å². The number of likely N-dealkylation sites (N-methyl/N-ethyl adjacent to an activating group) is 1. The Balaban J connectivity index is 2.52. The van der Waals surface area contributed by atoms with Gasteiger partial charge in [0.15, 0.2) is 6.61 Å². The number of carbonyl (C=O) groups excluding carboxylic acids is 1. The average molecular weight is 268 g/mol. The molecule has 7 nitrogen and oxygen atoms in total. The van der Waals surface area contributed by atoms with E-state index in [2.05, 4.69) is 5.32 Å². The van der Waals surface area contributed by atoms with E-state index >= 15 is 0 Å². The van der Waals surface area contributed by atoms with Gasteiger partial charge in [0.05, 0.1) is 6.61 Å². The van der Waals surface area contributed by atoms with Gasteiger partial charge in [0.2, 0.25) is 0 Å². The third-order valence-corrected chi connectivity index (χ3v) is 2.25. The molecule has 1 aromatic rings. The number of nitrogens with one attached hydrogen (secondary N) is 1. The van der Waals surface area contributed by atoms with Crippen molar-refractivity contribution in [3.05, 3.63) is 24.3 Å². The molecule has 0 aromatic heterocycles. The van der Waals surface area contributed by atoms with Crippen molar-refractivity contribution in [2.45, 2.75) is 0 Å². The molecule has 0 aliphatic heterocycles. The number of benzene rings is 1. The number of amides is 2. The molecule has 1 rings (SSSR count). The summed E-state index contributed by atoms with van der Waals surface area (Å²) in [5, 5.41) is 19.8. The maximum absolute atomic E-state index is 11.6. The number of aliphatic hydroxyl groups excluding tert-OH is 1. The fourth-order valence-electron chi connectivity index (χ4n) is 1.25. The zero-order valence-corrected chi connectivity index (χ0v) is 10.5. The minimum absolute atomic E-state index is 0.105. The van der Waals surface area contributed by atoms with Gasteiger partial charge in [0.1, 0.15) is 5.75 Å². The van der Waals surface area contributed by atoms with Crippen LogP contribution in [0.2, 0.25) is 0 Å². The quantitative estimate of drug-likeness (QED) is 0.702. The maximum Gasteiger partial charge on any atom is 0.341 e. The molecule has 0 unspecified atom stereocenters. The largest absolute Gasteiger partial charge is 0.482 e. The van der Waals surface area contributed by atoms with Gasteiger partial charge in [-0.3, -0.25) is 0 Å². The van der Waals surface area contributed by atoms with Crippen molar-refractivity contribution >= 4 is 17.7 Å². The van der Waals surface area contributed by atoms with Crippen LogP contribution in [0.3, 0.4) is 0 Å². The molecule has 0 saturated heterocycles. The highest BCUT2D eigenvalue weighted by Crippen LogP contribution is 2.15. The number of urea groups is 1.